The SMILES string of the molecule is CCCCCCCNC(=S)Nc1cccc(Cl)c1C. The molecule has 0 radical (unpaired) electrons. The molecule has 0 bridgehead atoms. The first-order chi connectivity index (χ1) is 9.15. The Morgan fingerprint density at radius 3 is 2.68 bits per heavy atom. The molecule has 2 nitrogen and oxygen atoms in total. The van der Waals surface area contributed by atoms with E-state index in [4.69, 9.17) is 23.8 Å². The van der Waals surface area contributed by atoms with E-state index >= 15 is 0 Å². The number of anilines is 1. The minimum absolute atomic E-state index is 0.667. The number of hydrogen-bond acceptors (Lipinski definition) is 1. The van der Waals surface area contributed by atoms with Crippen molar-refractivity contribution >= 4 is 34.6 Å². The fraction of sp³-hybridized carbons (Fsp3) is 0.533. The summed E-state index contributed by atoms with van der Waals surface area (Å²) in [6.45, 7) is 5.14. The van der Waals surface area contributed by atoms with Crippen LogP contribution in [0.4, 0.5) is 5.69 Å². The van der Waals surface area contributed by atoms with E-state index in [1.165, 1.54) is 25.7 Å². The number of halogens is 1. The maximum atomic E-state index is 6.07. The number of hydrogen-bond donors (Lipinski definition) is 2. The Morgan fingerprint density at radius 1 is 1.21 bits per heavy atom. The van der Waals surface area contributed by atoms with Gasteiger partial charge in [-0.25, -0.2) is 0 Å². The largest absolute Gasteiger partial charge is 0.362 e. The molecule has 4 heteroatoms. The lowest BCUT2D eigenvalue weighted by atomic mass is 10.1. The zero-order valence-corrected chi connectivity index (χ0v) is 13.3. The number of benzene rings is 1. The third-order valence-electron chi connectivity index (χ3n) is 3.08. The lowest BCUT2D eigenvalue weighted by Crippen LogP contribution is -2.29. The van der Waals surface area contributed by atoms with Crippen LogP contribution in [0.1, 0.15) is 44.6 Å². The highest BCUT2D eigenvalue weighted by atomic mass is 35.5. The molecule has 0 aliphatic rings. The normalized spacial score (nSPS) is 10.3. The van der Waals surface area contributed by atoms with Crippen LogP contribution < -0.4 is 10.6 Å². The van der Waals surface area contributed by atoms with E-state index in [9.17, 15) is 0 Å². The van der Waals surface area contributed by atoms with Crippen LogP contribution in [-0.2, 0) is 0 Å². The summed E-state index contributed by atoms with van der Waals surface area (Å²) in [4.78, 5) is 0. The molecule has 0 aliphatic carbocycles. The summed E-state index contributed by atoms with van der Waals surface area (Å²) >= 11 is 11.3. The van der Waals surface area contributed by atoms with E-state index in [2.05, 4.69) is 17.6 Å². The minimum atomic E-state index is 0.667. The highest BCUT2D eigenvalue weighted by molar-refractivity contribution is 7.80. The van der Waals surface area contributed by atoms with E-state index < -0.39 is 0 Å². The van der Waals surface area contributed by atoms with Gasteiger partial charge in [0.25, 0.3) is 0 Å². The molecule has 1 rings (SSSR count). The van der Waals surface area contributed by atoms with Crippen molar-refractivity contribution in [1.29, 1.82) is 0 Å². The van der Waals surface area contributed by atoms with Crippen LogP contribution >= 0.6 is 23.8 Å². The smallest absolute Gasteiger partial charge is 0.170 e. The molecular weight excluding hydrogens is 276 g/mol. The Balaban J connectivity index is 2.26. The van der Waals surface area contributed by atoms with Crippen molar-refractivity contribution in [3.05, 3.63) is 28.8 Å². The van der Waals surface area contributed by atoms with Gasteiger partial charge in [0.05, 0.1) is 0 Å². The summed E-state index contributed by atoms with van der Waals surface area (Å²) in [6, 6.07) is 5.79. The molecule has 1 aromatic carbocycles. The number of rotatable bonds is 7. The fourth-order valence-electron chi connectivity index (χ4n) is 1.84. The average Bonchev–Trinajstić information content (AvgIpc) is 2.39. The monoisotopic (exact) mass is 298 g/mol. The molecule has 0 saturated heterocycles. The predicted octanol–water partition coefficient (Wildman–Crippen LogP) is 4.91. The molecule has 0 amide bonds. The van der Waals surface area contributed by atoms with Crippen LogP contribution in [0.25, 0.3) is 0 Å². The van der Waals surface area contributed by atoms with Gasteiger partial charge in [0.2, 0.25) is 0 Å². The van der Waals surface area contributed by atoms with E-state index in [0.717, 1.165) is 29.2 Å². The highest BCUT2D eigenvalue weighted by Crippen LogP contribution is 2.22. The summed E-state index contributed by atoms with van der Waals surface area (Å²) in [6.07, 6.45) is 6.34. The molecule has 19 heavy (non-hydrogen) atoms. The van der Waals surface area contributed by atoms with Crippen molar-refractivity contribution in [2.75, 3.05) is 11.9 Å². The number of thiocarbonyl (C=S) groups is 1. The zero-order valence-electron chi connectivity index (χ0n) is 11.8. The molecule has 1 aromatic rings. The molecule has 0 saturated carbocycles. The Kier molecular flexibility index (Phi) is 7.84. The van der Waals surface area contributed by atoms with Gasteiger partial charge in [-0.3, -0.25) is 0 Å². The van der Waals surface area contributed by atoms with Crippen LogP contribution in [-0.4, -0.2) is 11.7 Å². The summed E-state index contributed by atoms with van der Waals surface area (Å²) in [5.74, 6) is 0. The second-order valence-electron chi connectivity index (χ2n) is 4.71. The number of nitrogens with one attached hydrogen (secondary N) is 2. The van der Waals surface area contributed by atoms with Gasteiger partial charge in [-0.2, -0.15) is 0 Å². The summed E-state index contributed by atoms with van der Waals surface area (Å²) < 4.78 is 0. The molecule has 0 heterocycles. The predicted molar refractivity (Wildman–Crippen MR) is 89.2 cm³/mol. The Morgan fingerprint density at radius 2 is 1.95 bits per heavy atom. The molecule has 0 spiro atoms. The van der Waals surface area contributed by atoms with E-state index in [0.29, 0.717) is 5.11 Å². The van der Waals surface area contributed by atoms with Crippen LogP contribution in [0.2, 0.25) is 5.02 Å². The van der Waals surface area contributed by atoms with Gasteiger partial charge in [-0.15, -0.1) is 0 Å². The van der Waals surface area contributed by atoms with E-state index in [1.807, 2.05) is 25.1 Å². The van der Waals surface area contributed by atoms with Crippen LogP contribution in [0, 0.1) is 6.92 Å². The second-order valence-corrected chi connectivity index (χ2v) is 5.52. The first-order valence-electron chi connectivity index (χ1n) is 6.95. The Bertz CT molecular complexity index is 407. The standard InChI is InChI=1S/C15H23ClN2S/c1-3-4-5-6-7-11-17-15(19)18-14-10-8-9-13(16)12(14)2/h8-10H,3-7,11H2,1-2H3,(H2,17,18,19). The summed E-state index contributed by atoms with van der Waals surface area (Å²) in [7, 11) is 0. The molecule has 0 aromatic heterocycles. The molecule has 0 fully saturated rings. The first-order valence-corrected chi connectivity index (χ1v) is 7.73. The van der Waals surface area contributed by atoms with Crippen LogP contribution in [0.15, 0.2) is 18.2 Å². The minimum Gasteiger partial charge on any atom is -0.362 e. The van der Waals surface area contributed by atoms with Gasteiger partial charge in [0, 0.05) is 17.3 Å². The van der Waals surface area contributed by atoms with Crippen molar-refractivity contribution < 1.29 is 0 Å². The molecule has 0 aliphatic heterocycles. The van der Waals surface area contributed by atoms with Gasteiger partial charge < -0.3 is 10.6 Å². The fourth-order valence-corrected chi connectivity index (χ4v) is 2.23. The summed E-state index contributed by atoms with van der Waals surface area (Å²) in [5.41, 5.74) is 1.99. The van der Waals surface area contributed by atoms with Crippen molar-refractivity contribution in [3.63, 3.8) is 0 Å². The van der Waals surface area contributed by atoms with Gasteiger partial charge in [-0.1, -0.05) is 50.3 Å². The van der Waals surface area contributed by atoms with Gasteiger partial charge in [0.15, 0.2) is 5.11 Å². The van der Waals surface area contributed by atoms with Crippen LogP contribution in [0.3, 0.4) is 0 Å². The average molecular weight is 299 g/mol. The van der Waals surface area contributed by atoms with E-state index in [-0.39, 0.29) is 0 Å². The molecular formula is C15H23ClN2S. The van der Waals surface area contributed by atoms with E-state index in [1.54, 1.807) is 0 Å². The number of unbranched alkanes of at least 4 members (excludes halogenated alkanes) is 4. The Hall–Kier alpha value is -0.800. The topological polar surface area (TPSA) is 24.1 Å². The lowest BCUT2D eigenvalue weighted by Gasteiger charge is -2.13. The highest BCUT2D eigenvalue weighted by Gasteiger charge is 2.03. The van der Waals surface area contributed by atoms with Crippen LogP contribution in [0.5, 0.6) is 0 Å². The quantitative estimate of drug-likeness (QED) is 0.553. The van der Waals surface area contributed by atoms with Gasteiger partial charge in [0.1, 0.15) is 0 Å². The lowest BCUT2D eigenvalue weighted by molar-refractivity contribution is 0.625. The first kappa shape index (κ1) is 16.3. The van der Waals surface area contributed by atoms with Crippen molar-refractivity contribution in [2.24, 2.45) is 0 Å². The third-order valence-corrected chi connectivity index (χ3v) is 3.74. The maximum Gasteiger partial charge on any atom is 0.170 e. The summed E-state index contributed by atoms with van der Waals surface area (Å²) in [5, 5.41) is 7.85. The molecule has 0 unspecified atom stereocenters. The van der Waals surface area contributed by atoms with Gasteiger partial charge in [-0.05, 0) is 43.3 Å². The zero-order chi connectivity index (χ0) is 14.1. The molecule has 106 valence electrons. The van der Waals surface area contributed by atoms with Crippen molar-refractivity contribution in [1.82, 2.24) is 5.32 Å². The van der Waals surface area contributed by atoms with Gasteiger partial charge >= 0.3 is 0 Å². The second kappa shape index (κ2) is 9.16. The Labute approximate surface area is 126 Å². The molecule has 2 N–H and O–H groups in total. The van der Waals surface area contributed by atoms with Crippen molar-refractivity contribution in [3.8, 4) is 0 Å². The molecule has 0 atom stereocenters. The third kappa shape index (κ3) is 6.26. The van der Waals surface area contributed by atoms with Crippen molar-refractivity contribution in [2.45, 2.75) is 46.0 Å². The maximum absolute atomic E-state index is 6.07.